The maximum Gasteiger partial charge on any atom is 0.267 e. The van der Waals surface area contributed by atoms with Gasteiger partial charge in [-0.3, -0.25) is 9.59 Å². The second-order valence-corrected chi connectivity index (χ2v) is 11.9. The Bertz CT molecular complexity index is 1490. The Morgan fingerprint density at radius 1 is 1.11 bits per heavy atom. The summed E-state index contributed by atoms with van der Waals surface area (Å²) in [6.07, 6.45) is 3.01. The normalized spacial score (nSPS) is 15.5. The number of fused-ring (bicyclic) bond motifs is 2. The van der Waals surface area contributed by atoms with Crippen molar-refractivity contribution in [2.75, 3.05) is 11.1 Å². The topological polar surface area (TPSA) is 85.1 Å². The monoisotopic (exact) mass is 517 g/mol. The van der Waals surface area contributed by atoms with E-state index in [0.717, 1.165) is 35.2 Å². The number of nitrogens with zero attached hydrogens (tertiary/aromatic N) is 1. The zero-order valence-corrected chi connectivity index (χ0v) is 22.1. The molecule has 3 N–H and O–H groups in total. The van der Waals surface area contributed by atoms with Crippen molar-refractivity contribution in [1.29, 1.82) is 0 Å². The number of nitrogens with one attached hydrogen (secondary N) is 1. The maximum absolute atomic E-state index is 13.4. The van der Waals surface area contributed by atoms with Crippen LogP contribution in [0.4, 0.5) is 11.4 Å². The molecular weight excluding hydrogens is 490 g/mol. The first-order valence-electron chi connectivity index (χ1n) is 12.0. The Balaban J connectivity index is 1.47. The van der Waals surface area contributed by atoms with Crippen molar-refractivity contribution in [2.24, 2.45) is 11.3 Å². The minimum atomic E-state index is -0.370. The van der Waals surface area contributed by atoms with Crippen LogP contribution in [0.25, 0.3) is 10.2 Å². The summed E-state index contributed by atoms with van der Waals surface area (Å²) in [6, 6.07) is 15.9. The van der Waals surface area contributed by atoms with Gasteiger partial charge in [-0.2, -0.15) is 0 Å². The van der Waals surface area contributed by atoms with E-state index in [4.69, 9.17) is 22.3 Å². The smallest absolute Gasteiger partial charge is 0.267 e. The number of nitrogens with two attached hydrogens (primary N) is 1. The largest absolute Gasteiger partial charge is 0.397 e. The van der Waals surface area contributed by atoms with E-state index in [9.17, 15) is 9.59 Å². The molecule has 0 bridgehead atoms. The van der Waals surface area contributed by atoms with E-state index < -0.39 is 0 Å². The average Bonchev–Trinajstić information content (AvgIpc) is 3.18. The minimum Gasteiger partial charge on any atom is -0.397 e. The maximum atomic E-state index is 13.4. The second kappa shape index (κ2) is 9.34. The van der Waals surface area contributed by atoms with E-state index >= 15 is 0 Å². The lowest BCUT2D eigenvalue weighted by atomic mass is 9.71. The fourth-order valence-electron chi connectivity index (χ4n) is 4.84. The molecule has 0 aliphatic heterocycles. The van der Waals surface area contributed by atoms with Gasteiger partial charge in [0, 0.05) is 27.2 Å². The molecule has 184 valence electrons. The number of pyridine rings is 1. The summed E-state index contributed by atoms with van der Waals surface area (Å²) in [6.45, 7) is 6.84. The highest BCUT2D eigenvalue weighted by atomic mass is 35.5. The predicted octanol–water partition coefficient (Wildman–Crippen LogP) is 7.17. The van der Waals surface area contributed by atoms with Crippen molar-refractivity contribution < 1.29 is 9.59 Å². The Morgan fingerprint density at radius 2 is 1.86 bits per heavy atom. The highest BCUT2D eigenvalue weighted by molar-refractivity contribution is 7.21. The average molecular weight is 518 g/mol. The molecule has 7 heteroatoms. The minimum absolute atomic E-state index is 0.222. The molecule has 2 aromatic carbocycles. The van der Waals surface area contributed by atoms with Crippen LogP contribution in [0.15, 0.2) is 54.6 Å². The number of thiophene rings is 1. The highest BCUT2D eigenvalue weighted by Crippen LogP contribution is 2.40. The van der Waals surface area contributed by atoms with E-state index in [-0.39, 0.29) is 17.1 Å². The third-order valence-electron chi connectivity index (χ3n) is 7.03. The van der Waals surface area contributed by atoms with Crippen LogP contribution in [-0.4, -0.2) is 16.7 Å². The SMILES string of the molecule is CC(C)(C)C1CCc2nc3sc(C(=O)Nc4ccc(Cl)cc4C(=O)c4ccccc4)c(N)c3cc2C1. The number of rotatable bonds is 4. The van der Waals surface area contributed by atoms with Crippen LogP contribution in [-0.2, 0) is 12.8 Å². The van der Waals surface area contributed by atoms with Crippen LogP contribution in [0, 0.1) is 11.3 Å². The quantitative estimate of drug-likeness (QED) is 0.281. The lowest BCUT2D eigenvalue weighted by molar-refractivity contribution is 0.103. The lowest BCUT2D eigenvalue weighted by Gasteiger charge is -2.34. The molecule has 1 atom stereocenters. The first-order chi connectivity index (χ1) is 17.1. The van der Waals surface area contributed by atoms with Crippen molar-refractivity contribution in [3.63, 3.8) is 0 Å². The molecule has 5 nitrogen and oxygen atoms in total. The predicted molar refractivity (Wildman–Crippen MR) is 148 cm³/mol. The standard InChI is InChI=1S/C29H28ClN3O2S/c1-29(2,3)18-9-11-22-17(13-18)14-21-24(31)26(36-28(21)33-22)27(35)32-23-12-10-19(30)15-20(23)25(34)16-7-5-4-6-8-16/h4-8,10,12,14-15,18H,9,11,13,31H2,1-3H3,(H,32,35). The number of anilines is 2. The van der Waals surface area contributed by atoms with Gasteiger partial charge in [0.25, 0.3) is 5.91 Å². The third kappa shape index (κ3) is 4.63. The number of nitrogen functional groups attached to an aromatic ring is 1. The molecule has 0 spiro atoms. The molecule has 0 fully saturated rings. The summed E-state index contributed by atoms with van der Waals surface area (Å²) < 4.78 is 0. The number of amides is 1. The molecule has 1 aliphatic carbocycles. The summed E-state index contributed by atoms with van der Waals surface area (Å²) in [7, 11) is 0. The van der Waals surface area contributed by atoms with Crippen molar-refractivity contribution in [1.82, 2.24) is 4.98 Å². The number of aryl methyl sites for hydroxylation is 1. The molecule has 2 aromatic heterocycles. The van der Waals surface area contributed by atoms with Crippen molar-refractivity contribution in [3.05, 3.63) is 86.9 Å². The molecule has 2 heterocycles. The number of aromatic nitrogens is 1. The summed E-state index contributed by atoms with van der Waals surface area (Å²) in [5, 5.41) is 4.12. The first kappa shape index (κ1) is 24.5. The summed E-state index contributed by atoms with van der Waals surface area (Å²) >= 11 is 7.47. The molecule has 4 aromatic rings. The summed E-state index contributed by atoms with van der Waals surface area (Å²) in [5.41, 5.74) is 10.7. The Kier molecular flexibility index (Phi) is 6.35. The van der Waals surface area contributed by atoms with Crippen LogP contribution in [0.3, 0.4) is 0 Å². The molecule has 1 unspecified atom stereocenters. The van der Waals surface area contributed by atoms with Gasteiger partial charge in [0.2, 0.25) is 0 Å². The van der Waals surface area contributed by atoms with Gasteiger partial charge in [-0.25, -0.2) is 4.98 Å². The number of ketones is 1. The second-order valence-electron chi connectivity index (χ2n) is 10.4. The van der Waals surface area contributed by atoms with Gasteiger partial charge in [0.15, 0.2) is 5.78 Å². The number of carbonyl (C=O) groups is 2. The van der Waals surface area contributed by atoms with E-state index in [1.165, 1.54) is 16.9 Å². The van der Waals surface area contributed by atoms with E-state index in [2.05, 4.69) is 32.2 Å². The zero-order chi connectivity index (χ0) is 25.6. The zero-order valence-electron chi connectivity index (χ0n) is 20.5. The molecule has 0 saturated heterocycles. The molecule has 1 amide bonds. The van der Waals surface area contributed by atoms with Crippen LogP contribution < -0.4 is 11.1 Å². The number of carbonyl (C=O) groups excluding carboxylic acids is 2. The molecular formula is C29H28ClN3O2S. The Hall–Kier alpha value is -3.22. The van der Waals surface area contributed by atoms with Gasteiger partial charge >= 0.3 is 0 Å². The summed E-state index contributed by atoms with van der Waals surface area (Å²) in [4.78, 5) is 32.5. The van der Waals surface area contributed by atoms with Gasteiger partial charge in [-0.15, -0.1) is 11.3 Å². The third-order valence-corrected chi connectivity index (χ3v) is 8.38. The molecule has 36 heavy (non-hydrogen) atoms. The number of hydrogen-bond acceptors (Lipinski definition) is 5. The van der Waals surface area contributed by atoms with Crippen molar-refractivity contribution in [2.45, 2.75) is 40.0 Å². The lowest BCUT2D eigenvalue weighted by Crippen LogP contribution is -2.27. The van der Waals surface area contributed by atoms with Crippen LogP contribution in [0.1, 0.15) is 64.0 Å². The number of hydrogen-bond donors (Lipinski definition) is 2. The Labute approximate surface area is 219 Å². The van der Waals surface area contributed by atoms with Crippen molar-refractivity contribution in [3.8, 4) is 0 Å². The van der Waals surface area contributed by atoms with Gasteiger partial charge in [-0.1, -0.05) is 62.7 Å². The summed E-state index contributed by atoms with van der Waals surface area (Å²) in [5.74, 6) is -0.0108. The van der Waals surface area contributed by atoms with Crippen LogP contribution in [0.2, 0.25) is 5.02 Å². The molecule has 0 radical (unpaired) electrons. The molecule has 0 saturated carbocycles. The van der Waals surface area contributed by atoms with Crippen LogP contribution >= 0.6 is 22.9 Å². The van der Waals surface area contributed by atoms with Crippen LogP contribution in [0.5, 0.6) is 0 Å². The van der Waals surface area contributed by atoms with E-state index in [1.54, 1.807) is 42.5 Å². The van der Waals surface area contributed by atoms with Gasteiger partial charge in [-0.05, 0) is 60.4 Å². The molecule has 1 aliphatic rings. The van der Waals surface area contributed by atoms with Crippen molar-refractivity contribution >= 4 is 56.2 Å². The van der Waals surface area contributed by atoms with E-state index in [0.29, 0.717) is 38.3 Å². The first-order valence-corrected chi connectivity index (χ1v) is 13.2. The van der Waals surface area contributed by atoms with Gasteiger partial charge in [0.05, 0.1) is 11.4 Å². The molecule has 5 rings (SSSR count). The van der Waals surface area contributed by atoms with E-state index in [1.807, 2.05) is 6.07 Å². The highest BCUT2D eigenvalue weighted by Gasteiger charge is 2.30. The number of halogens is 1. The fourth-order valence-corrected chi connectivity index (χ4v) is 6.00. The van der Waals surface area contributed by atoms with Gasteiger partial charge in [0.1, 0.15) is 9.71 Å². The Morgan fingerprint density at radius 3 is 2.58 bits per heavy atom. The van der Waals surface area contributed by atoms with Gasteiger partial charge < -0.3 is 11.1 Å². The number of benzene rings is 2. The fraction of sp³-hybridized carbons (Fsp3) is 0.276.